The molecule has 0 fully saturated rings. The van der Waals surface area contributed by atoms with E-state index in [-0.39, 0.29) is 18.4 Å². The van der Waals surface area contributed by atoms with E-state index in [2.05, 4.69) is 9.98 Å². The van der Waals surface area contributed by atoms with Crippen molar-refractivity contribution in [1.82, 2.24) is 0 Å². The summed E-state index contributed by atoms with van der Waals surface area (Å²) in [4.78, 5) is 7.73. The van der Waals surface area contributed by atoms with Gasteiger partial charge in [0, 0.05) is 6.21 Å². The number of amidine groups is 1. The van der Waals surface area contributed by atoms with E-state index in [1.807, 2.05) is 0 Å². The first-order valence-electron chi connectivity index (χ1n) is 5.81. The average Bonchev–Trinajstić information content (AvgIpc) is 2.30. The number of hydrogen-bond acceptors (Lipinski definition) is 3. The van der Waals surface area contributed by atoms with Gasteiger partial charge >= 0.3 is 6.02 Å². The molecule has 94 valence electrons. The Hall–Kier alpha value is -1.26. The van der Waals surface area contributed by atoms with Gasteiger partial charge in [-0.25, -0.2) is 18.8 Å². The molecule has 3 nitrogen and oxygen atoms in total. The molecule has 0 radical (unpaired) electrons. The molecule has 5 heteroatoms. The van der Waals surface area contributed by atoms with Crippen LogP contribution in [0, 0.1) is 5.92 Å². The van der Waals surface area contributed by atoms with E-state index in [9.17, 15) is 8.78 Å². The number of allylic oxidation sites excluding steroid dienone is 2. The standard InChI is InChI=1S/C12H16F2N2O/c1-12(14)7-15-11(16-8-12)17-6-9-2-4-10(13)5-3-9/h4,7,9H,2-3,5-6,8H2,1H3/t9-,12?/m1/s1. The Bertz CT molecular complexity index is 375. The van der Waals surface area contributed by atoms with Crippen LogP contribution in [0.15, 0.2) is 21.9 Å². The number of aliphatic imine (C=N–C) groups is 2. The highest BCUT2D eigenvalue weighted by Crippen LogP contribution is 2.24. The van der Waals surface area contributed by atoms with Crippen LogP contribution < -0.4 is 0 Å². The first-order chi connectivity index (χ1) is 8.05. The van der Waals surface area contributed by atoms with Gasteiger partial charge in [0.1, 0.15) is 0 Å². The van der Waals surface area contributed by atoms with Gasteiger partial charge in [-0.2, -0.15) is 0 Å². The van der Waals surface area contributed by atoms with Crippen LogP contribution in [0.2, 0.25) is 0 Å². The van der Waals surface area contributed by atoms with Crippen LogP contribution in [0.5, 0.6) is 0 Å². The van der Waals surface area contributed by atoms with Crippen molar-refractivity contribution in [3.05, 3.63) is 11.9 Å². The first-order valence-corrected chi connectivity index (χ1v) is 5.81. The van der Waals surface area contributed by atoms with Crippen molar-refractivity contribution in [3.8, 4) is 0 Å². The van der Waals surface area contributed by atoms with Gasteiger partial charge in [0.05, 0.1) is 19.0 Å². The van der Waals surface area contributed by atoms with E-state index in [0.29, 0.717) is 25.4 Å². The Morgan fingerprint density at radius 1 is 1.59 bits per heavy atom. The van der Waals surface area contributed by atoms with E-state index < -0.39 is 5.67 Å². The lowest BCUT2D eigenvalue weighted by atomic mass is 9.95. The molecular weight excluding hydrogens is 226 g/mol. The molecule has 0 N–H and O–H groups in total. The van der Waals surface area contributed by atoms with Gasteiger partial charge in [0.15, 0.2) is 5.67 Å². The molecule has 0 saturated carbocycles. The lowest BCUT2D eigenvalue weighted by Gasteiger charge is -2.21. The number of rotatable bonds is 2. The topological polar surface area (TPSA) is 34.0 Å². The monoisotopic (exact) mass is 242 g/mol. The fourth-order valence-corrected chi connectivity index (χ4v) is 1.78. The second-order valence-electron chi connectivity index (χ2n) is 4.74. The minimum Gasteiger partial charge on any atom is -0.463 e. The summed E-state index contributed by atoms with van der Waals surface area (Å²) in [5.74, 6) is 0.258. The molecule has 0 aromatic rings. The molecule has 0 saturated heterocycles. The summed E-state index contributed by atoms with van der Waals surface area (Å²) >= 11 is 0. The summed E-state index contributed by atoms with van der Waals surface area (Å²) in [6, 6.07) is 0.232. The number of alkyl halides is 1. The Labute approximate surface area is 99.3 Å². The van der Waals surface area contributed by atoms with E-state index >= 15 is 0 Å². The van der Waals surface area contributed by atoms with Gasteiger partial charge in [-0.05, 0) is 32.1 Å². The predicted molar refractivity (Wildman–Crippen MR) is 62.8 cm³/mol. The predicted octanol–water partition coefficient (Wildman–Crippen LogP) is 2.83. The molecule has 1 aliphatic carbocycles. The molecule has 0 aromatic heterocycles. The van der Waals surface area contributed by atoms with Crippen LogP contribution in [0.25, 0.3) is 0 Å². The van der Waals surface area contributed by atoms with E-state index in [4.69, 9.17) is 4.74 Å². The molecule has 1 aliphatic heterocycles. The van der Waals surface area contributed by atoms with Crippen LogP contribution in [-0.4, -0.2) is 31.1 Å². The van der Waals surface area contributed by atoms with Crippen molar-refractivity contribution in [2.45, 2.75) is 31.9 Å². The summed E-state index contributed by atoms with van der Waals surface area (Å²) in [7, 11) is 0. The minimum atomic E-state index is -1.47. The third-order valence-electron chi connectivity index (χ3n) is 2.88. The molecule has 0 bridgehead atoms. The van der Waals surface area contributed by atoms with Gasteiger partial charge in [-0.1, -0.05) is 6.08 Å². The molecule has 0 amide bonds. The zero-order chi connectivity index (χ0) is 12.3. The summed E-state index contributed by atoms with van der Waals surface area (Å²) in [6.45, 7) is 1.93. The van der Waals surface area contributed by atoms with E-state index in [1.165, 1.54) is 13.1 Å². The number of halogens is 2. The third kappa shape index (κ3) is 3.61. The first kappa shape index (κ1) is 12.2. The second kappa shape index (κ2) is 4.94. The van der Waals surface area contributed by atoms with Crippen molar-refractivity contribution in [2.75, 3.05) is 13.2 Å². The Balaban J connectivity index is 1.77. The van der Waals surface area contributed by atoms with Crippen LogP contribution in [0.3, 0.4) is 0 Å². The molecule has 1 unspecified atom stereocenters. The number of nitrogens with zero attached hydrogens (tertiary/aromatic N) is 2. The second-order valence-corrected chi connectivity index (χ2v) is 4.74. The maximum absolute atomic E-state index is 13.3. The fraction of sp³-hybridized carbons (Fsp3) is 0.667. The quantitative estimate of drug-likeness (QED) is 0.733. The Morgan fingerprint density at radius 2 is 2.41 bits per heavy atom. The minimum absolute atomic E-state index is 0.0394. The van der Waals surface area contributed by atoms with Crippen molar-refractivity contribution >= 4 is 12.2 Å². The van der Waals surface area contributed by atoms with Crippen LogP contribution in [-0.2, 0) is 4.74 Å². The molecular formula is C12H16F2N2O. The number of ether oxygens (including phenoxy) is 1. The maximum atomic E-state index is 13.3. The van der Waals surface area contributed by atoms with Gasteiger partial charge in [0.25, 0.3) is 0 Å². The molecule has 1 heterocycles. The SMILES string of the molecule is CC1(F)C=NC(OC[C@@H]2CC=C(F)CC2)=NC1. The van der Waals surface area contributed by atoms with Crippen LogP contribution >= 0.6 is 0 Å². The lowest BCUT2D eigenvalue weighted by molar-refractivity contribution is 0.213. The summed E-state index contributed by atoms with van der Waals surface area (Å²) < 4.78 is 31.5. The summed E-state index contributed by atoms with van der Waals surface area (Å²) in [5, 5.41) is 0. The zero-order valence-electron chi connectivity index (χ0n) is 9.83. The third-order valence-corrected chi connectivity index (χ3v) is 2.88. The highest BCUT2D eigenvalue weighted by atomic mass is 19.1. The molecule has 17 heavy (non-hydrogen) atoms. The summed E-state index contributed by atoms with van der Waals surface area (Å²) in [6.07, 6.45) is 4.76. The van der Waals surface area contributed by atoms with Crippen LogP contribution in [0.1, 0.15) is 26.2 Å². The Kier molecular flexibility index (Phi) is 3.54. The van der Waals surface area contributed by atoms with Crippen molar-refractivity contribution in [3.63, 3.8) is 0 Å². The van der Waals surface area contributed by atoms with Crippen molar-refractivity contribution in [2.24, 2.45) is 15.9 Å². The fourth-order valence-electron chi connectivity index (χ4n) is 1.78. The molecule has 0 aromatic carbocycles. The molecule has 2 rings (SSSR count). The molecule has 0 spiro atoms. The highest BCUT2D eigenvalue weighted by molar-refractivity contribution is 5.88. The molecule has 2 aliphatic rings. The summed E-state index contributed by atoms with van der Waals surface area (Å²) in [5.41, 5.74) is -1.47. The lowest BCUT2D eigenvalue weighted by Crippen LogP contribution is -2.29. The normalized spacial score (nSPS) is 33.0. The van der Waals surface area contributed by atoms with E-state index in [0.717, 1.165) is 6.42 Å². The smallest absolute Gasteiger partial charge is 0.311 e. The zero-order valence-corrected chi connectivity index (χ0v) is 9.83. The van der Waals surface area contributed by atoms with Gasteiger partial charge in [-0.3, -0.25) is 0 Å². The average molecular weight is 242 g/mol. The van der Waals surface area contributed by atoms with Gasteiger partial charge < -0.3 is 4.74 Å². The van der Waals surface area contributed by atoms with E-state index in [1.54, 1.807) is 6.08 Å². The van der Waals surface area contributed by atoms with Crippen molar-refractivity contribution in [1.29, 1.82) is 0 Å². The van der Waals surface area contributed by atoms with Crippen molar-refractivity contribution < 1.29 is 13.5 Å². The molecule has 2 atom stereocenters. The van der Waals surface area contributed by atoms with Gasteiger partial charge in [0.2, 0.25) is 0 Å². The van der Waals surface area contributed by atoms with Crippen LogP contribution in [0.4, 0.5) is 8.78 Å². The largest absolute Gasteiger partial charge is 0.463 e. The van der Waals surface area contributed by atoms with Gasteiger partial charge in [-0.15, -0.1) is 0 Å². The maximum Gasteiger partial charge on any atom is 0.311 e. The highest BCUT2D eigenvalue weighted by Gasteiger charge is 2.24. The number of hydrogen-bond donors (Lipinski definition) is 0. The Morgan fingerprint density at radius 3 is 3.00 bits per heavy atom.